The van der Waals surface area contributed by atoms with Gasteiger partial charge >= 0.3 is 0 Å². The van der Waals surface area contributed by atoms with Crippen LogP contribution in [0.25, 0.3) is 0 Å². The van der Waals surface area contributed by atoms with Gasteiger partial charge in [-0.3, -0.25) is 0 Å². The van der Waals surface area contributed by atoms with Crippen LogP contribution in [0.5, 0.6) is 0 Å². The number of rotatable bonds is 6. The Balaban J connectivity index is 1.55. The van der Waals surface area contributed by atoms with Crippen LogP contribution in [0, 0.1) is 0 Å². The minimum atomic E-state index is 0.496. The Bertz CT molecular complexity index is 562. The van der Waals surface area contributed by atoms with Crippen molar-refractivity contribution in [3.8, 4) is 0 Å². The van der Waals surface area contributed by atoms with Crippen LogP contribution in [0.3, 0.4) is 0 Å². The molecule has 1 N–H and O–H groups in total. The summed E-state index contributed by atoms with van der Waals surface area (Å²) in [4.78, 5) is 4.74. The zero-order valence-corrected chi connectivity index (χ0v) is 16.2. The lowest BCUT2D eigenvalue weighted by molar-refractivity contribution is 0.165. The molecule has 0 atom stereocenters. The van der Waals surface area contributed by atoms with Gasteiger partial charge in [-0.25, -0.2) is 0 Å². The molecular weight excluding hydrogens is 330 g/mol. The van der Waals surface area contributed by atoms with E-state index in [4.69, 9.17) is 16.6 Å². The van der Waals surface area contributed by atoms with Crippen molar-refractivity contribution in [3.63, 3.8) is 0 Å². The summed E-state index contributed by atoms with van der Waals surface area (Å²) in [7, 11) is 2.20. The van der Waals surface area contributed by atoms with Gasteiger partial charge in [-0.1, -0.05) is 11.6 Å². The second-order valence-corrected chi connectivity index (χ2v) is 7.72. The standard InChI is InChI=1S/C20H31N3OS/c1-22-13-10-18(11-14-22)23(16-19-8-5-15-24-19)20(25)21-12-9-17-6-3-2-4-7-17/h5-6,8,15,18H,2-4,7,9-14,16H2,1H3,(H,21,25). The summed E-state index contributed by atoms with van der Waals surface area (Å²) in [5.74, 6) is 0.984. The van der Waals surface area contributed by atoms with E-state index in [9.17, 15) is 0 Å². The molecule has 0 unspecified atom stereocenters. The highest BCUT2D eigenvalue weighted by Gasteiger charge is 2.25. The maximum atomic E-state index is 5.77. The molecule has 4 nitrogen and oxygen atoms in total. The van der Waals surface area contributed by atoms with E-state index in [1.807, 2.05) is 12.1 Å². The Morgan fingerprint density at radius 2 is 2.20 bits per heavy atom. The molecule has 0 bridgehead atoms. The Labute approximate surface area is 157 Å². The lowest BCUT2D eigenvalue weighted by atomic mass is 9.97. The van der Waals surface area contributed by atoms with Gasteiger partial charge in [-0.05, 0) is 89.4 Å². The number of nitrogens with one attached hydrogen (secondary N) is 1. The van der Waals surface area contributed by atoms with Crippen LogP contribution in [0.4, 0.5) is 0 Å². The quantitative estimate of drug-likeness (QED) is 0.613. The Morgan fingerprint density at radius 1 is 1.36 bits per heavy atom. The highest BCUT2D eigenvalue weighted by atomic mass is 32.1. The molecule has 5 heteroatoms. The summed E-state index contributed by atoms with van der Waals surface area (Å²) in [5.41, 5.74) is 1.60. The molecule has 2 heterocycles. The topological polar surface area (TPSA) is 31.6 Å². The van der Waals surface area contributed by atoms with E-state index in [2.05, 4.69) is 28.2 Å². The zero-order valence-electron chi connectivity index (χ0n) is 15.4. The van der Waals surface area contributed by atoms with E-state index in [1.165, 1.54) is 25.7 Å². The van der Waals surface area contributed by atoms with Gasteiger partial charge in [-0.15, -0.1) is 0 Å². The van der Waals surface area contributed by atoms with Crippen molar-refractivity contribution in [1.82, 2.24) is 15.1 Å². The Morgan fingerprint density at radius 3 is 2.88 bits per heavy atom. The maximum Gasteiger partial charge on any atom is 0.169 e. The van der Waals surface area contributed by atoms with E-state index in [-0.39, 0.29) is 0 Å². The van der Waals surface area contributed by atoms with E-state index in [0.29, 0.717) is 6.04 Å². The van der Waals surface area contributed by atoms with Crippen LogP contribution in [0.15, 0.2) is 34.5 Å². The fraction of sp³-hybridized carbons (Fsp3) is 0.650. The van der Waals surface area contributed by atoms with Crippen molar-refractivity contribution in [1.29, 1.82) is 0 Å². The maximum absolute atomic E-state index is 5.77. The average molecular weight is 362 g/mol. The number of thiocarbonyl (C=S) groups is 1. The molecule has 1 aromatic heterocycles. The fourth-order valence-corrected chi connectivity index (χ4v) is 4.12. The largest absolute Gasteiger partial charge is 0.467 e. The first-order chi connectivity index (χ1) is 12.2. The summed E-state index contributed by atoms with van der Waals surface area (Å²) in [5, 5.41) is 4.39. The van der Waals surface area contributed by atoms with E-state index >= 15 is 0 Å². The number of furan rings is 1. The summed E-state index contributed by atoms with van der Waals surface area (Å²) in [6, 6.07) is 4.49. The number of hydrogen-bond donors (Lipinski definition) is 1. The van der Waals surface area contributed by atoms with Crippen molar-refractivity contribution in [3.05, 3.63) is 35.8 Å². The zero-order chi connectivity index (χ0) is 17.5. The summed E-state index contributed by atoms with van der Waals surface area (Å²) < 4.78 is 5.58. The summed E-state index contributed by atoms with van der Waals surface area (Å²) in [6.07, 6.45) is 12.8. The molecule has 1 fully saturated rings. The second kappa shape index (κ2) is 9.39. The predicted octanol–water partition coefficient (Wildman–Crippen LogP) is 3.94. The molecule has 2 aliphatic rings. The van der Waals surface area contributed by atoms with Crippen LogP contribution in [-0.4, -0.2) is 47.6 Å². The first-order valence-electron chi connectivity index (χ1n) is 9.65. The Kier molecular flexibility index (Phi) is 6.93. The van der Waals surface area contributed by atoms with Gasteiger partial charge in [0.25, 0.3) is 0 Å². The molecule has 0 spiro atoms. The van der Waals surface area contributed by atoms with Gasteiger partial charge in [0.05, 0.1) is 12.8 Å². The van der Waals surface area contributed by atoms with Crippen molar-refractivity contribution < 1.29 is 4.42 Å². The third-order valence-corrected chi connectivity index (χ3v) is 5.78. The van der Waals surface area contributed by atoms with Crippen LogP contribution in [0.1, 0.15) is 50.7 Å². The highest BCUT2D eigenvalue weighted by Crippen LogP contribution is 2.21. The van der Waals surface area contributed by atoms with Crippen LogP contribution in [-0.2, 0) is 6.54 Å². The van der Waals surface area contributed by atoms with Crippen molar-refractivity contribution >= 4 is 17.3 Å². The molecule has 0 aromatic carbocycles. The predicted molar refractivity (Wildman–Crippen MR) is 107 cm³/mol. The molecule has 3 rings (SSSR count). The highest BCUT2D eigenvalue weighted by molar-refractivity contribution is 7.80. The molecule has 25 heavy (non-hydrogen) atoms. The monoisotopic (exact) mass is 361 g/mol. The lowest BCUT2D eigenvalue weighted by Gasteiger charge is -2.38. The number of nitrogens with zero attached hydrogens (tertiary/aromatic N) is 2. The van der Waals surface area contributed by atoms with Gasteiger partial charge in [0.2, 0.25) is 0 Å². The summed E-state index contributed by atoms with van der Waals surface area (Å²) >= 11 is 5.77. The fourth-order valence-electron chi connectivity index (χ4n) is 3.81. The third kappa shape index (κ3) is 5.58. The first kappa shape index (κ1) is 18.5. The number of likely N-dealkylation sites (tertiary alicyclic amines) is 1. The molecule has 0 saturated carbocycles. The first-order valence-corrected chi connectivity index (χ1v) is 10.1. The molecule has 138 valence electrons. The average Bonchev–Trinajstić information content (AvgIpc) is 3.15. The van der Waals surface area contributed by atoms with Gasteiger partial charge in [0.1, 0.15) is 5.76 Å². The molecule has 1 saturated heterocycles. The van der Waals surface area contributed by atoms with Crippen LogP contribution >= 0.6 is 12.2 Å². The minimum absolute atomic E-state index is 0.496. The molecule has 1 aromatic rings. The minimum Gasteiger partial charge on any atom is -0.467 e. The van der Waals surface area contributed by atoms with Crippen LogP contribution in [0.2, 0.25) is 0 Å². The van der Waals surface area contributed by atoms with Gasteiger partial charge in [-0.2, -0.15) is 0 Å². The molecule has 1 aliphatic heterocycles. The number of hydrogen-bond acceptors (Lipinski definition) is 3. The molecule has 1 aliphatic carbocycles. The van der Waals surface area contributed by atoms with E-state index in [1.54, 1.807) is 11.8 Å². The van der Waals surface area contributed by atoms with E-state index < -0.39 is 0 Å². The van der Waals surface area contributed by atoms with Crippen molar-refractivity contribution in [2.45, 2.75) is 57.5 Å². The smallest absolute Gasteiger partial charge is 0.169 e. The van der Waals surface area contributed by atoms with E-state index in [0.717, 1.165) is 56.3 Å². The third-order valence-electron chi connectivity index (χ3n) is 5.40. The van der Waals surface area contributed by atoms with Crippen molar-refractivity contribution in [2.75, 3.05) is 26.7 Å². The van der Waals surface area contributed by atoms with Crippen LogP contribution < -0.4 is 5.32 Å². The molecule has 0 radical (unpaired) electrons. The van der Waals surface area contributed by atoms with Gasteiger partial charge < -0.3 is 19.5 Å². The molecular formula is C20H31N3OS. The van der Waals surface area contributed by atoms with Gasteiger partial charge in [0, 0.05) is 12.6 Å². The SMILES string of the molecule is CN1CCC(N(Cc2ccco2)C(=S)NCCC2=CCCCC2)CC1. The normalized spacial score (nSPS) is 19.5. The Hall–Kier alpha value is -1.33. The second-order valence-electron chi connectivity index (χ2n) is 7.33. The van der Waals surface area contributed by atoms with Gasteiger partial charge in [0.15, 0.2) is 5.11 Å². The lowest BCUT2D eigenvalue weighted by Crippen LogP contribution is -2.49. The number of allylic oxidation sites excluding steroid dienone is 1. The van der Waals surface area contributed by atoms with Crippen molar-refractivity contribution in [2.24, 2.45) is 0 Å². The number of piperidine rings is 1. The molecule has 0 amide bonds. The summed E-state index contributed by atoms with van der Waals surface area (Å²) in [6.45, 7) is 3.96.